The number of fused-ring (bicyclic) bond motifs is 1. The van der Waals surface area contributed by atoms with Crippen LogP contribution in [0, 0.1) is 5.92 Å². The van der Waals surface area contributed by atoms with Gasteiger partial charge in [-0.3, -0.25) is 14.3 Å². The molecule has 7 nitrogen and oxygen atoms in total. The third-order valence-corrected chi connectivity index (χ3v) is 6.51. The summed E-state index contributed by atoms with van der Waals surface area (Å²) in [6.45, 7) is 0.674. The van der Waals surface area contributed by atoms with Gasteiger partial charge in [-0.05, 0) is 55.5 Å². The van der Waals surface area contributed by atoms with Crippen LogP contribution in [0.3, 0.4) is 0 Å². The van der Waals surface area contributed by atoms with Crippen molar-refractivity contribution in [3.05, 3.63) is 41.7 Å². The number of carbonyl (C=O) groups excluding carboxylic acids is 2. The van der Waals surface area contributed by atoms with Crippen LogP contribution in [0.5, 0.6) is 5.75 Å². The Labute approximate surface area is 170 Å². The molecule has 1 aromatic carbocycles. The van der Waals surface area contributed by atoms with Gasteiger partial charge in [0, 0.05) is 37.9 Å². The molecular formula is C22H26N4O3. The molecule has 1 saturated heterocycles. The van der Waals surface area contributed by atoms with Gasteiger partial charge in [0.1, 0.15) is 5.75 Å². The summed E-state index contributed by atoms with van der Waals surface area (Å²) >= 11 is 0. The highest BCUT2D eigenvalue weighted by Crippen LogP contribution is 2.45. The van der Waals surface area contributed by atoms with Crippen LogP contribution < -0.4 is 9.64 Å². The number of hydrogen-bond donors (Lipinski definition) is 0. The molecule has 1 aromatic heterocycles. The van der Waals surface area contributed by atoms with Crippen molar-refractivity contribution in [3.8, 4) is 5.75 Å². The lowest BCUT2D eigenvalue weighted by Gasteiger charge is -2.42. The Kier molecular flexibility index (Phi) is 4.33. The Morgan fingerprint density at radius 1 is 1.17 bits per heavy atom. The van der Waals surface area contributed by atoms with Crippen molar-refractivity contribution in [3.63, 3.8) is 0 Å². The number of carbonyl (C=O) groups is 2. The van der Waals surface area contributed by atoms with Crippen LogP contribution in [0.1, 0.15) is 43.0 Å². The first-order chi connectivity index (χ1) is 14.1. The van der Waals surface area contributed by atoms with Crippen LogP contribution in [0.2, 0.25) is 0 Å². The Hall–Kier alpha value is -2.83. The minimum absolute atomic E-state index is 0.110. The highest BCUT2D eigenvalue weighted by atomic mass is 16.5. The summed E-state index contributed by atoms with van der Waals surface area (Å²) in [5.41, 5.74) is 3.05. The average molecular weight is 394 g/mol. The summed E-state index contributed by atoms with van der Waals surface area (Å²) in [6.07, 6.45) is 5.63. The quantitative estimate of drug-likeness (QED) is 0.799. The molecule has 0 radical (unpaired) electrons. The largest absolute Gasteiger partial charge is 0.497 e. The molecule has 0 N–H and O–H groups in total. The summed E-state index contributed by atoms with van der Waals surface area (Å²) in [4.78, 5) is 30.5. The van der Waals surface area contributed by atoms with E-state index < -0.39 is 0 Å². The van der Waals surface area contributed by atoms with Gasteiger partial charge in [-0.25, -0.2) is 0 Å². The maximum atomic E-state index is 13.8. The van der Waals surface area contributed by atoms with E-state index in [0.29, 0.717) is 19.4 Å². The predicted molar refractivity (Wildman–Crippen MR) is 108 cm³/mol. The number of rotatable bonds is 4. The van der Waals surface area contributed by atoms with Crippen molar-refractivity contribution in [1.29, 1.82) is 0 Å². The van der Waals surface area contributed by atoms with Gasteiger partial charge in [0.2, 0.25) is 11.8 Å². The minimum atomic E-state index is -0.253. The molecule has 5 rings (SSSR count). The van der Waals surface area contributed by atoms with E-state index in [9.17, 15) is 9.59 Å². The standard InChI is InChI=1S/C22H26N4O3/c1-24-19(9-11-23-24)21-17(6-8-20(27)26(21)15-3-4-15)22(28)25-12-10-14-13-16(29-2)5-7-18(14)25/h5,7,9,11,13,15,17,21H,3-4,6,8,10,12H2,1-2H3. The van der Waals surface area contributed by atoms with Crippen molar-refractivity contribution in [1.82, 2.24) is 14.7 Å². The zero-order chi connectivity index (χ0) is 20.1. The normalized spacial score (nSPS) is 24.0. The van der Waals surface area contributed by atoms with E-state index in [-0.39, 0.29) is 29.8 Å². The van der Waals surface area contributed by atoms with Crippen molar-refractivity contribution in [2.45, 2.75) is 44.2 Å². The van der Waals surface area contributed by atoms with E-state index in [1.54, 1.807) is 13.3 Å². The molecule has 7 heteroatoms. The summed E-state index contributed by atoms with van der Waals surface area (Å²) in [6, 6.07) is 7.86. The van der Waals surface area contributed by atoms with Crippen molar-refractivity contribution >= 4 is 17.5 Å². The first kappa shape index (κ1) is 18.2. The van der Waals surface area contributed by atoms with Gasteiger partial charge in [-0.15, -0.1) is 0 Å². The van der Waals surface area contributed by atoms with E-state index in [0.717, 1.165) is 42.0 Å². The number of benzene rings is 1. The van der Waals surface area contributed by atoms with E-state index in [1.165, 1.54) is 0 Å². The number of ether oxygens (including phenoxy) is 1. The lowest BCUT2D eigenvalue weighted by Crippen LogP contribution is -2.50. The van der Waals surface area contributed by atoms with Crippen LogP contribution in [0.15, 0.2) is 30.5 Å². The van der Waals surface area contributed by atoms with Crippen LogP contribution in [0.25, 0.3) is 0 Å². The molecular weight excluding hydrogens is 368 g/mol. The monoisotopic (exact) mass is 394 g/mol. The molecule has 152 valence electrons. The van der Waals surface area contributed by atoms with Crippen molar-refractivity contribution in [2.75, 3.05) is 18.6 Å². The van der Waals surface area contributed by atoms with Gasteiger partial charge in [0.25, 0.3) is 0 Å². The predicted octanol–water partition coefficient (Wildman–Crippen LogP) is 2.46. The third kappa shape index (κ3) is 2.99. The van der Waals surface area contributed by atoms with Gasteiger partial charge in [-0.2, -0.15) is 5.10 Å². The number of hydrogen-bond acceptors (Lipinski definition) is 4. The van der Waals surface area contributed by atoms with Gasteiger partial charge in [-0.1, -0.05) is 0 Å². The van der Waals surface area contributed by atoms with Crippen molar-refractivity contribution in [2.24, 2.45) is 13.0 Å². The van der Waals surface area contributed by atoms with E-state index in [2.05, 4.69) is 5.10 Å². The first-order valence-corrected chi connectivity index (χ1v) is 10.4. The van der Waals surface area contributed by atoms with Gasteiger partial charge >= 0.3 is 0 Å². The highest BCUT2D eigenvalue weighted by molar-refractivity contribution is 5.98. The number of methoxy groups -OCH3 is 1. The summed E-state index contributed by atoms with van der Waals surface area (Å²) in [7, 11) is 3.54. The Morgan fingerprint density at radius 2 is 2.00 bits per heavy atom. The Morgan fingerprint density at radius 3 is 2.69 bits per heavy atom. The molecule has 1 saturated carbocycles. The molecule has 29 heavy (non-hydrogen) atoms. The molecule has 2 atom stereocenters. The zero-order valence-electron chi connectivity index (χ0n) is 16.9. The van der Waals surface area contributed by atoms with Crippen LogP contribution in [-0.4, -0.2) is 46.2 Å². The smallest absolute Gasteiger partial charge is 0.232 e. The second-order valence-electron chi connectivity index (χ2n) is 8.24. The number of piperidine rings is 1. The second kappa shape index (κ2) is 6.90. The lowest BCUT2D eigenvalue weighted by atomic mass is 9.85. The number of aromatic nitrogens is 2. The molecule has 3 heterocycles. The topological polar surface area (TPSA) is 67.7 Å². The van der Waals surface area contributed by atoms with Gasteiger partial charge in [0.05, 0.1) is 24.8 Å². The highest BCUT2D eigenvalue weighted by Gasteiger charge is 2.48. The molecule has 0 spiro atoms. The number of amides is 2. The molecule has 2 aromatic rings. The van der Waals surface area contributed by atoms with Crippen molar-refractivity contribution < 1.29 is 14.3 Å². The third-order valence-electron chi connectivity index (χ3n) is 6.51. The fourth-order valence-electron chi connectivity index (χ4n) is 4.91. The number of likely N-dealkylation sites (tertiary alicyclic amines) is 1. The number of nitrogens with zero attached hydrogens (tertiary/aromatic N) is 4. The molecule has 0 bridgehead atoms. The number of aryl methyl sites for hydroxylation is 1. The van der Waals surface area contributed by atoms with Crippen LogP contribution in [0.4, 0.5) is 5.69 Å². The maximum absolute atomic E-state index is 13.8. The van der Waals surface area contributed by atoms with Crippen LogP contribution >= 0.6 is 0 Å². The van der Waals surface area contributed by atoms with E-state index in [1.807, 2.05) is 45.8 Å². The SMILES string of the molecule is COc1ccc2c(c1)CCN2C(=O)C1CCC(=O)N(C2CC2)C1c1ccnn1C. The number of anilines is 1. The maximum Gasteiger partial charge on any atom is 0.232 e. The second-order valence-corrected chi connectivity index (χ2v) is 8.24. The van der Waals surface area contributed by atoms with Gasteiger partial charge in [0.15, 0.2) is 0 Å². The molecule has 2 aliphatic heterocycles. The minimum Gasteiger partial charge on any atom is -0.497 e. The molecule has 2 fully saturated rings. The molecule has 1 aliphatic carbocycles. The summed E-state index contributed by atoms with van der Waals surface area (Å²) < 4.78 is 7.14. The zero-order valence-corrected chi connectivity index (χ0v) is 16.9. The van der Waals surface area contributed by atoms with E-state index in [4.69, 9.17) is 4.74 Å². The molecule has 3 aliphatic rings. The fourth-order valence-corrected chi connectivity index (χ4v) is 4.91. The Balaban J connectivity index is 1.50. The van der Waals surface area contributed by atoms with E-state index >= 15 is 0 Å². The average Bonchev–Trinajstić information content (AvgIpc) is 3.33. The molecule has 2 unspecified atom stereocenters. The fraction of sp³-hybridized carbons (Fsp3) is 0.500. The summed E-state index contributed by atoms with van der Waals surface area (Å²) in [5, 5.41) is 4.32. The Bertz CT molecular complexity index is 965. The first-order valence-electron chi connectivity index (χ1n) is 10.4. The summed E-state index contributed by atoms with van der Waals surface area (Å²) in [5.74, 6) is 0.832. The van der Waals surface area contributed by atoms with Gasteiger partial charge < -0.3 is 14.5 Å². The molecule has 2 amide bonds. The lowest BCUT2D eigenvalue weighted by molar-refractivity contribution is -0.143. The van der Waals surface area contributed by atoms with Crippen LogP contribution in [-0.2, 0) is 23.1 Å².